The molecule has 0 saturated carbocycles. The fourth-order valence-corrected chi connectivity index (χ4v) is 2.85. The molecule has 0 aliphatic rings. The largest absolute Gasteiger partial charge is 0.369 e. The zero-order chi connectivity index (χ0) is 16.2. The van der Waals surface area contributed by atoms with Crippen molar-refractivity contribution in [1.82, 2.24) is 19.5 Å². The quantitative estimate of drug-likeness (QED) is 0.705. The van der Waals surface area contributed by atoms with Crippen molar-refractivity contribution in [1.29, 1.82) is 0 Å². The standard InChI is InChI=1S/C18H23N5/c1-4-5-9-20-17-16-13(2)14(3)23(18(16)22-12-21-17)11-15-7-6-8-19-10-15/h6-8,10,12H,4-5,9,11H2,1-3H3,(H,20,21,22). The van der Waals surface area contributed by atoms with Gasteiger partial charge in [-0.05, 0) is 37.5 Å². The predicted molar refractivity (Wildman–Crippen MR) is 93.7 cm³/mol. The summed E-state index contributed by atoms with van der Waals surface area (Å²) in [6, 6.07) is 4.06. The third-order valence-corrected chi connectivity index (χ3v) is 4.29. The number of rotatable bonds is 6. The van der Waals surface area contributed by atoms with Gasteiger partial charge in [0, 0.05) is 24.6 Å². The number of hydrogen-bond acceptors (Lipinski definition) is 4. The van der Waals surface area contributed by atoms with Crippen LogP contribution >= 0.6 is 0 Å². The average Bonchev–Trinajstić information content (AvgIpc) is 2.82. The summed E-state index contributed by atoms with van der Waals surface area (Å²) in [5.74, 6) is 0.939. The average molecular weight is 309 g/mol. The molecule has 0 fully saturated rings. The summed E-state index contributed by atoms with van der Waals surface area (Å²) in [5.41, 5.74) is 4.62. The molecular formula is C18H23N5. The van der Waals surface area contributed by atoms with Crippen LogP contribution in [0.15, 0.2) is 30.9 Å². The fourth-order valence-electron chi connectivity index (χ4n) is 2.85. The minimum absolute atomic E-state index is 0.773. The van der Waals surface area contributed by atoms with Crippen molar-refractivity contribution in [2.45, 2.75) is 40.2 Å². The van der Waals surface area contributed by atoms with Gasteiger partial charge in [-0.3, -0.25) is 4.98 Å². The summed E-state index contributed by atoms with van der Waals surface area (Å²) in [6.07, 6.45) is 7.66. The second-order valence-corrected chi connectivity index (χ2v) is 5.86. The molecule has 5 heteroatoms. The van der Waals surface area contributed by atoms with Gasteiger partial charge in [-0.1, -0.05) is 19.4 Å². The molecule has 5 nitrogen and oxygen atoms in total. The molecule has 0 aliphatic carbocycles. The van der Waals surface area contributed by atoms with E-state index >= 15 is 0 Å². The molecule has 0 amide bonds. The van der Waals surface area contributed by atoms with E-state index in [4.69, 9.17) is 0 Å². The minimum Gasteiger partial charge on any atom is -0.369 e. The van der Waals surface area contributed by atoms with Crippen LogP contribution in [0.1, 0.15) is 36.6 Å². The molecule has 23 heavy (non-hydrogen) atoms. The lowest BCUT2D eigenvalue weighted by molar-refractivity contribution is 0.786. The molecule has 3 aromatic heterocycles. The van der Waals surface area contributed by atoms with E-state index in [2.05, 4.69) is 51.7 Å². The molecule has 0 spiro atoms. The minimum atomic E-state index is 0.773. The molecule has 1 N–H and O–H groups in total. The molecule has 0 unspecified atom stereocenters. The Balaban J connectivity index is 2.02. The first-order chi connectivity index (χ1) is 11.2. The van der Waals surface area contributed by atoms with E-state index in [1.807, 2.05) is 12.3 Å². The van der Waals surface area contributed by atoms with E-state index in [0.717, 1.165) is 36.4 Å². The molecule has 3 rings (SSSR count). The van der Waals surface area contributed by atoms with Gasteiger partial charge in [0.25, 0.3) is 0 Å². The number of nitrogens with one attached hydrogen (secondary N) is 1. The molecule has 0 atom stereocenters. The molecule has 0 bridgehead atoms. The zero-order valence-corrected chi connectivity index (χ0v) is 14.0. The zero-order valence-electron chi connectivity index (χ0n) is 14.0. The smallest absolute Gasteiger partial charge is 0.146 e. The van der Waals surface area contributed by atoms with Crippen molar-refractivity contribution >= 4 is 16.9 Å². The number of fused-ring (bicyclic) bond motifs is 1. The van der Waals surface area contributed by atoms with E-state index in [0.29, 0.717) is 0 Å². The van der Waals surface area contributed by atoms with Crippen molar-refractivity contribution in [3.05, 3.63) is 47.7 Å². The number of nitrogens with zero attached hydrogens (tertiary/aromatic N) is 4. The highest BCUT2D eigenvalue weighted by atomic mass is 15.1. The van der Waals surface area contributed by atoms with E-state index in [9.17, 15) is 0 Å². The second kappa shape index (κ2) is 6.77. The Morgan fingerprint density at radius 3 is 2.83 bits per heavy atom. The summed E-state index contributed by atoms with van der Waals surface area (Å²) in [7, 11) is 0. The van der Waals surface area contributed by atoms with E-state index in [1.165, 1.54) is 23.2 Å². The summed E-state index contributed by atoms with van der Waals surface area (Å²) in [4.78, 5) is 13.2. The van der Waals surface area contributed by atoms with Gasteiger partial charge in [0.15, 0.2) is 0 Å². The third-order valence-electron chi connectivity index (χ3n) is 4.29. The number of unbranched alkanes of at least 4 members (excludes halogenated alkanes) is 1. The lowest BCUT2D eigenvalue weighted by atomic mass is 10.2. The number of aryl methyl sites for hydroxylation is 1. The normalized spacial score (nSPS) is 11.1. The Kier molecular flexibility index (Phi) is 4.55. The first kappa shape index (κ1) is 15.5. The maximum Gasteiger partial charge on any atom is 0.146 e. The Labute approximate surface area is 136 Å². The van der Waals surface area contributed by atoms with Crippen LogP contribution < -0.4 is 5.32 Å². The highest BCUT2D eigenvalue weighted by Gasteiger charge is 2.16. The van der Waals surface area contributed by atoms with Crippen LogP contribution in [0.25, 0.3) is 11.0 Å². The van der Waals surface area contributed by atoms with Gasteiger partial charge in [-0.25, -0.2) is 9.97 Å². The van der Waals surface area contributed by atoms with Crippen molar-refractivity contribution < 1.29 is 0 Å². The van der Waals surface area contributed by atoms with Crippen LogP contribution in [-0.2, 0) is 6.54 Å². The molecule has 3 heterocycles. The molecule has 120 valence electrons. The third kappa shape index (κ3) is 3.04. The Bertz CT molecular complexity index is 792. The summed E-state index contributed by atoms with van der Waals surface area (Å²) in [6.45, 7) is 8.19. The number of hydrogen-bond donors (Lipinski definition) is 1. The topological polar surface area (TPSA) is 55.6 Å². The highest BCUT2D eigenvalue weighted by Crippen LogP contribution is 2.29. The molecule has 0 aromatic carbocycles. The van der Waals surface area contributed by atoms with Gasteiger partial charge in [-0.15, -0.1) is 0 Å². The van der Waals surface area contributed by atoms with E-state index in [1.54, 1.807) is 12.5 Å². The molecule has 0 radical (unpaired) electrons. The Morgan fingerprint density at radius 2 is 2.09 bits per heavy atom. The molecular weight excluding hydrogens is 286 g/mol. The maximum atomic E-state index is 4.54. The summed E-state index contributed by atoms with van der Waals surface area (Å²) < 4.78 is 2.24. The van der Waals surface area contributed by atoms with Crippen LogP contribution in [0.2, 0.25) is 0 Å². The van der Waals surface area contributed by atoms with Crippen LogP contribution in [0.5, 0.6) is 0 Å². The monoisotopic (exact) mass is 309 g/mol. The van der Waals surface area contributed by atoms with Crippen LogP contribution in [0.3, 0.4) is 0 Å². The van der Waals surface area contributed by atoms with Gasteiger partial charge in [-0.2, -0.15) is 0 Å². The highest BCUT2D eigenvalue weighted by molar-refractivity contribution is 5.91. The van der Waals surface area contributed by atoms with Crippen molar-refractivity contribution in [3.8, 4) is 0 Å². The maximum absolute atomic E-state index is 4.54. The Morgan fingerprint density at radius 1 is 1.22 bits per heavy atom. The lowest BCUT2D eigenvalue weighted by Gasteiger charge is -2.08. The van der Waals surface area contributed by atoms with Gasteiger partial charge in [0.2, 0.25) is 0 Å². The molecule has 3 aromatic rings. The van der Waals surface area contributed by atoms with Crippen LogP contribution in [0, 0.1) is 13.8 Å². The number of anilines is 1. The molecule has 0 aliphatic heterocycles. The van der Waals surface area contributed by atoms with Crippen molar-refractivity contribution in [2.24, 2.45) is 0 Å². The van der Waals surface area contributed by atoms with Crippen LogP contribution in [-0.4, -0.2) is 26.1 Å². The van der Waals surface area contributed by atoms with Gasteiger partial charge in [0.1, 0.15) is 17.8 Å². The van der Waals surface area contributed by atoms with Crippen molar-refractivity contribution in [3.63, 3.8) is 0 Å². The second-order valence-electron chi connectivity index (χ2n) is 5.86. The first-order valence-corrected chi connectivity index (χ1v) is 8.15. The molecule has 0 saturated heterocycles. The summed E-state index contributed by atoms with van der Waals surface area (Å²) in [5, 5.41) is 4.59. The van der Waals surface area contributed by atoms with E-state index in [-0.39, 0.29) is 0 Å². The van der Waals surface area contributed by atoms with Crippen LogP contribution in [0.4, 0.5) is 5.82 Å². The van der Waals surface area contributed by atoms with Crippen molar-refractivity contribution in [2.75, 3.05) is 11.9 Å². The first-order valence-electron chi connectivity index (χ1n) is 8.15. The fraction of sp³-hybridized carbons (Fsp3) is 0.389. The number of pyridine rings is 1. The number of aromatic nitrogens is 4. The SMILES string of the molecule is CCCCNc1ncnc2c1c(C)c(C)n2Cc1cccnc1. The Hall–Kier alpha value is -2.43. The summed E-state index contributed by atoms with van der Waals surface area (Å²) >= 11 is 0. The van der Waals surface area contributed by atoms with Gasteiger partial charge in [0.05, 0.1) is 11.9 Å². The van der Waals surface area contributed by atoms with Gasteiger partial charge < -0.3 is 9.88 Å². The van der Waals surface area contributed by atoms with E-state index < -0.39 is 0 Å². The predicted octanol–water partition coefficient (Wildman–Crippen LogP) is 3.70. The lowest BCUT2D eigenvalue weighted by Crippen LogP contribution is -2.05. The van der Waals surface area contributed by atoms with Gasteiger partial charge >= 0.3 is 0 Å².